The highest BCUT2D eigenvalue weighted by Gasteiger charge is 2.27. The second kappa shape index (κ2) is 6.65. The van der Waals surface area contributed by atoms with Crippen LogP contribution in [0.5, 0.6) is 0 Å². The van der Waals surface area contributed by atoms with Gasteiger partial charge < -0.3 is 5.11 Å². The Morgan fingerprint density at radius 3 is 2.47 bits per heavy atom. The zero-order chi connectivity index (χ0) is 14.6. The lowest BCUT2D eigenvalue weighted by atomic mass is 10.2. The van der Waals surface area contributed by atoms with Gasteiger partial charge in [-0.3, -0.25) is 0 Å². The first-order valence-corrected chi connectivity index (χ1v) is 7.79. The molecule has 19 heavy (non-hydrogen) atoms. The van der Waals surface area contributed by atoms with Crippen molar-refractivity contribution in [2.45, 2.75) is 31.8 Å². The van der Waals surface area contributed by atoms with Crippen molar-refractivity contribution < 1.29 is 17.9 Å². The summed E-state index contributed by atoms with van der Waals surface area (Å²) >= 11 is 5.77. The van der Waals surface area contributed by atoms with Gasteiger partial charge in [0.25, 0.3) is 0 Å². The topological polar surface area (TPSA) is 57.6 Å². The van der Waals surface area contributed by atoms with E-state index in [0.717, 1.165) is 6.07 Å². The van der Waals surface area contributed by atoms with Crippen LogP contribution in [0.1, 0.15) is 25.8 Å². The maximum atomic E-state index is 14.1. The standard InChI is InChI=1S/C12H17ClFNO3S/c1-3-5-15(4-2)19(17,18)11-7-10(13)6-9(8-16)12(11)14/h6-7,16H,3-5,8H2,1-2H3. The van der Waals surface area contributed by atoms with Crippen molar-refractivity contribution in [1.82, 2.24) is 4.31 Å². The molecule has 0 fully saturated rings. The number of aliphatic hydroxyl groups excluding tert-OH is 1. The molecule has 1 rings (SSSR count). The third-order valence-corrected chi connectivity index (χ3v) is 4.88. The molecule has 0 bridgehead atoms. The highest BCUT2D eigenvalue weighted by molar-refractivity contribution is 7.89. The zero-order valence-electron chi connectivity index (χ0n) is 10.9. The van der Waals surface area contributed by atoms with Crippen LogP contribution in [0.25, 0.3) is 0 Å². The van der Waals surface area contributed by atoms with Crippen LogP contribution in [-0.2, 0) is 16.6 Å². The summed E-state index contributed by atoms with van der Waals surface area (Å²) in [4.78, 5) is -0.487. The molecule has 0 aliphatic rings. The molecule has 4 nitrogen and oxygen atoms in total. The van der Waals surface area contributed by atoms with E-state index in [1.165, 1.54) is 10.4 Å². The molecular formula is C12H17ClFNO3S. The summed E-state index contributed by atoms with van der Waals surface area (Å²) in [7, 11) is -3.94. The summed E-state index contributed by atoms with van der Waals surface area (Å²) < 4.78 is 39.9. The van der Waals surface area contributed by atoms with E-state index >= 15 is 0 Å². The monoisotopic (exact) mass is 309 g/mol. The molecule has 0 radical (unpaired) electrons. The molecule has 7 heteroatoms. The highest BCUT2D eigenvalue weighted by atomic mass is 35.5. The number of hydrogen-bond acceptors (Lipinski definition) is 3. The van der Waals surface area contributed by atoms with Crippen LogP contribution in [0, 0.1) is 5.82 Å². The minimum absolute atomic E-state index is 0.0802. The third kappa shape index (κ3) is 3.45. The number of rotatable bonds is 6. The Balaban J connectivity index is 3.39. The number of sulfonamides is 1. The van der Waals surface area contributed by atoms with E-state index in [-0.39, 0.29) is 17.1 Å². The summed E-state index contributed by atoms with van der Waals surface area (Å²) in [5.74, 6) is -0.943. The van der Waals surface area contributed by atoms with Gasteiger partial charge in [0.05, 0.1) is 6.61 Å². The molecule has 0 saturated heterocycles. The van der Waals surface area contributed by atoms with E-state index in [9.17, 15) is 12.8 Å². The van der Waals surface area contributed by atoms with Gasteiger partial charge in [0, 0.05) is 23.7 Å². The van der Waals surface area contributed by atoms with Crippen molar-refractivity contribution in [2.75, 3.05) is 13.1 Å². The summed E-state index contributed by atoms with van der Waals surface area (Å²) in [6, 6.07) is 2.29. The van der Waals surface area contributed by atoms with E-state index < -0.39 is 27.3 Å². The summed E-state index contributed by atoms with van der Waals surface area (Å²) in [5.41, 5.74) is -0.126. The van der Waals surface area contributed by atoms with Crippen molar-refractivity contribution in [3.05, 3.63) is 28.5 Å². The first-order valence-electron chi connectivity index (χ1n) is 5.97. The molecule has 0 amide bonds. The molecule has 1 aromatic carbocycles. The Labute approximate surface area is 117 Å². The van der Waals surface area contributed by atoms with Gasteiger partial charge in [-0.15, -0.1) is 0 Å². The number of hydrogen-bond donors (Lipinski definition) is 1. The van der Waals surface area contributed by atoms with Crippen molar-refractivity contribution in [2.24, 2.45) is 0 Å². The summed E-state index contributed by atoms with van der Waals surface area (Å²) in [5, 5.41) is 9.11. The van der Waals surface area contributed by atoms with Gasteiger partial charge in [-0.25, -0.2) is 12.8 Å². The van der Waals surface area contributed by atoms with Crippen LogP contribution in [0.2, 0.25) is 5.02 Å². The van der Waals surface area contributed by atoms with Gasteiger partial charge in [-0.05, 0) is 18.6 Å². The van der Waals surface area contributed by atoms with Crippen LogP contribution in [0.4, 0.5) is 4.39 Å². The maximum absolute atomic E-state index is 14.1. The molecular weight excluding hydrogens is 293 g/mol. The minimum Gasteiger partial charge on any atom is -0.392 e. The lowest BCUT2D eigenvalue weighted by Gasteiger charge is -2.20. The maximum Gasteiger partial charge on any atom is 0.246 e. The van der Waals surface area contributed by atoms with Crippen molar-refractivity contribution >= 4 is 21.6 Å². The predicted octanol–water partition coefficient (Wildman–Crippen LogP) is 2.39. The van der Waals surface area contributed by atoms with Gasteiger partial charge in [0.2, 0.25) is 10.0 Å². The van der Waals surface area contributed by atoms with Gasteiger partial charge in [-0.2, -0.15) is 4.31 Å². The molecule has 1 N–H and O–H groups in total. The number of halogens is 2. The first kappa shape index (κ1) is 16.4. The van der Waals surface area contributed by atoms with E-state index in [4.69, 9.17) is 16.7 Å². The van der Waals surface area contributed by atoms with Crippen molar-refractivity contribution in [1.29, 1.82) is 0 Å². The second-order valence-electron chi connectivity index (χ2n) is 4.03. The quantitative estimate of drug-likeness (QED) is 0.878. The largest absolute Gasteiger partial charge is 0.392 e. The van der Waals surface area contributed by atoms with Gasteiger partial charge in [0.15, 0.2) is 0 Å². The predicted molar refractivity (Wildman–Crippen MR) is 72.1 cm³/mol. The number of aliphatic hydroxyl groups is 1. The van der Waals surface area contributed by atoms with Gasteiger partial charge in [0.1, 0.15) is 10.7 Å². The number of benzene rings is 1. The fraction of sp³-hybridized carbons (Fsp3) is 0.500. The van der Waals surface area contributed by atoms with Crippen LogP contribution in [0.3, 0.4) is 0 Å². The molecule has 108 valence electrons. The Hall–Kier alpha value is -0.690. The minimum atomic E-state index is -3.94. The normalized spacial score (nSPS) is 12.1. The van der Waals surface area contributed by atoms with Crippen LogP contribution < -0.4 is 0 Å². The summed E-state index contributed by atoms with van der Waals surface area (Å²) in [6.07, 6.45) is 0.627. The van der Waals surface area contributed by atoms with Crippen molar-refractivity contribution in [3.8, 4) is 0 Å². The molecule has 0 aromatic heterocycles. The average molecular weight is 310 g/mol. The van der Waals surface area contributed by atoms with Crippen LogP contribution in [0.15, 0.2) is 17.0 Å². The molecule has 0 aliphatic heterocycles. The van der Waals surface area contributed by atoms with Crippen LogP contribution in [-0.4, -0.2) is 30.9 Å². The van der Waals surface area contributed by atoms with Gasteiger partial charge >= 0.3 is 0 Å². The van der Waals surface area contributed by atoms with E-state index in [1.807, 2.05) is 6.92 Å². The third-order valence-electron chi connectivity index (χ3n) is 2.69. The van der Waals surface area contributed by atoms with Crippen molar-refractivity contribution in [3.63, 3.8) is 0 Å². The molecule has 0 unspecified atom stereocenters. The Kier molecular flexibility index (Phi) is 5.73. The average Bonchev–Trinajstić information content (AvgIpc) is 2.37. The van der Waals surface area contributed by atoms with Gasteiger partial charge in [-0.1, -0.05) is 25.4 Å². The van der Waals surface area contributed by atoms with E-state index in [2.05, 4.69) is 0 Å². The molecule has 1 aromatic rings. The van der Waals surface area contributed by atoms with Crippen LogP contribution >= 0.6 is 11.6 Å². The summed E-state index contributed by atoms with van der Waals surface area (Å²) in [6.45, 7) is 3.47. The number of nitrogens with zero attached hydrogens (tertiary/aromatic N) is 1. The van der Waals surface area contributed by atoms with E-state index in [1.54, 1.807) is 6.92 Å². The van der Waals surface area contributed by atoms with E-state index in [0.29, 0.717) is 13.0 Å². The second-order valence-corrected chi connectivity index (χ2v) is 6.37. The first-order chi connectivity index (χ1) is 8.88. The Bertz CT molecular complexity index is 548. The molecule has 0 atom stereocenters. The molecule has 0 heterocycles. The smallest absolute Gasteiger partial charge is 0.246 e. The lowest BCUT2D eigenvalue weighted by molar-refractivity contribution is 0.274. The fourth-order valence-electron chi connectivity index (χ4n) is 1.76. The molecule has 0 aliphatic carbocycles. The highest BCUT2D eigenvalue weighted by Crippen LogP contribution is 2.26. The zero-order valence-corrected chi connectivity index (χ0v) is 12.4. The lowest BCUT2D eigenvalue weighted by Crippen LogP contribution is -2.32. The Morgan fingerprint density at radius 1 is 1.37 bits per heavy atom. The SMILES string of the molecule is CCCN(CC)S(=O)(=O)c1cc(Cl)cc(CO)c1F. The molecule has 0 saturated carbocycles. The Morgan fingerprint density at radius 2 is 2.00 bits per heavy atom. The molecule has 0 spiro atoms. The fourth-order valence-corrected chi connectivity index (χ4v) is 3.74.